The van der Waals surface area contributed by atoms with Gasteiger partial charge in [0.05, 0.1) is 0 Å². The number of likely N-dealkylation sites (N-methyl/N-ethyl adjacent to an activating group) is 1. The fourth-order valence-corrected chi connectivity index (χ4v) is 2.38. The zero-order chi connectivity index (χ0) is 11.5. The van der Waals surface area contributed by atoms with E-state index in [9.17, 15) is 5.11 Å². The molecule has 0 aromatic heterocycles. The highest BCUT2D eigenvalue weighted by Gasteiger charge is 2.27. The van der Waals surface area contributed by atoms with Crippen LogP contribution >= 0.6 is 0 Å². The zero-order valence-corrected chi connectivity index (χ0v) is 9.89. The van der Waals surface area contributed by atoms with Crippen LogP contribution in [0.1, 0.15) is 19.8 Å². The number of aromatic hydroxyl groups is 1. The molecule has 16 heavy (non-hydrogen) atoms. The highest BCUT2D eigenvalue weighted by Crippen LogP contribution is 2.24. The Morgan fingerprint density at radius 2 is 2.31 bits per heavy atom. The van der Waals surface area contributed by atoms with Gasteiger partial charge in [0.1, 0.15) is 17.6 Å². The van der Waals surface area contributed by atoms with Crippen molar-refractivity contribution < 1.29 is 9.84 Å². The Bertz CT molecular complexity index is 354. The van der Waals surface area contributed by atoms with Crippen LogP contribution in [-0.2, 0) is 0 Å². The number of likely N-dealkylation sites (tertiary alicyclic amines) is 1. The molecule has 0 bridgehead atoms. The lowest BCUT2D eigenvalue weighted by atomic mass is 10.1. The maximum atomic E-state index is 9.35. The summed E-state index contributed by atoms with van der Waals surface area (Å²) in [6, 6.07) is 7.48. The molecule has 1 aliphatic heterocycles. The molecule has 0 radical (unpaired) electrons. The predicted molar refractivity (Wildman–Crippen MR) is 63.8 cm³/mol. The number of hydrogen-bond donors (Lipinski definition) is 1. The van der Waals surface area contributed by atoms with E-state index in [2.05, 4.69) is 18.9 Å². The predicted octanol–water partition coefficient (Wildman–Crippen LogP) is 2.25. The number of phenolic OH excluding ortho intramolecular Hbond substituents is 1. The van der Waals surface area contributed by atoms with E-state index < -0.39 is 0 Å². The van der Waals surface area contributed by atoms with Crippen molar-refractivity contribution >= 4 is 0 Å². The van der Waals surface area contributed by atoms with Crippen molar-refractivity contribution in [2.45, 2.75) is 31.9 Å². The monoisotopic (exact) mass is 221 g/mol. The van der Waals surface area contributed by atoms with Gasteiger partial charge in [-0.2, -0.15) is 0 Å². The third kappa shape index (κ3) is 2.47. The highest BCUT2D eigenvalue weighted by molar-refractivity contribution is 5.31. The molecule has 0 saturated carbocycles. The Morgan fingerprint density at radius 3 is 2.94 bits per heavy atom. The van der Waals surface area contributed by atoms with E-state index in [4.69, 9.17) is 4.74 Å². The van der Waals surface area contributed by atoms with Gasteiger partial charge < -0.3 is 9.84 Å². The number of hydrogen-bond acceptors (Lipinski definition) is 3. The third-order valence-corrected chi connectivity index (χ3v) is 3.26. The van der Waals surface area contributed by atoms with Crippen LogP contribution < -0.4 is 4.74 Å². The molecule has 1 aromatic rings. The van der Waals surface area contributed by atoms with E-state index in [0.29, 0.717) is 6.04 Å². The molecule has 1 aliphatic rings. The van der Waals surface area contributed by atoms with Crippen molar-refractivity contribution in [1.29, 1.82) is 0 Å². The van der Waals surface area contributed by atoms with Gasteiger partial charge >= 0.3 is 0 Å². The minimum Gasteiger partial charge on any atom is -0.508 e. The van der Waals surface area contributed by atoms with Crippen molar-refractivity contribution in [3.8, 4) is 11.5 Å². The quantitative estimate of drug-likeness (QED) is 0.849. The number of benzene rings is 1. The van der Waals surface area contributed by atoms with Crippen LogP contribution in [-0.4, -0.2) is 35.7 Å². The molecular formula is C13H19NO2. The summed E-state index contributed by atoms with van der Waals surface area (Å²) in [5.41, 5.74) is 0. The lowest BCUT2D eigenvalue weighted by molar-refractivity contribution is 0.121. The molecule has 1 aromatic carbocycles. The first kappa shape index (κ1) is 11.3. The van der Waals surface area contributed by atoms with Gasteiger partial charge in [-0.3, -0.25) is 4.90 Å². The molecule has 88 valence electrons. The first-order valence-corrected chi connectivity index (χ1v) is 5.83. The summed E-state index contributed by atoms with van der Waals surface area (Å²) in [6.07, 6.45) is 2.60. The minimum atomic E-state index is 0.161. The Kier molecular flexibility index (Phi) is 3.34. The minimum absolute atomic E-state index is 0.161. The van der Waals surface area contributed by atoms with Crippen LogP contribution in [0, 0.1) is 0 Å². The Labute approximate surface area is 96.6 Å². The van der Waals surface area contributed by atoms with Crippen LogP contribution in [0.5, 0.6) is 11.5 Å². The van der Waals surface area contributed by atoms with Crippen LogP contribution in [0.4, 0.5) is 0 Å². The lowest BCUT2D eigenvalue weighted by Crippen LogP contribution is -2.37. The first-order valence-electron chi connectivity index (χ1n) is 5.83. The van der Waals surface area contributed by atoms with E-state index >= 15 is 0 Å². The maximum Gasteiger partial charge on any atom is 0.123 e. The van der Waals surface area contributed by atoms with Crippen LogP contribution in [0.2, 0.25) is 0 Å². The van der Waals surface area contributed by atoms with Gasteiger partial charge in [0.15, 0.2) is 0 Å². The summed E-state index contributed by atoms with van der Waals surface area (Å²) in [6.45, 7) is 3.24. The summed E-state index contributed by atoms with van der Waals surface area (Å²) in [5, 5.41) is 9.35. The molecule has 1 saturated heterocycles. The molecule has 0 spiro atoms. The molecule has 3 heteroatoms. The number of rotatable bonds is 3. The molecule has 1 fully saturated rings. The third-order valence-electron chi connectivity index (χ3n) is 3.26. The molecule has 1 N–H and O–H groups in total. The number of phenols is 1. The molecule has 0 aliphatic carbocycles. The summed E-state index contributed by atoms with van der Waals surface area (Å²) >= 11 is 0. The van der Waals surface area contributed by atoms with E-state index in [1.807, 2.05) is 6.07 Å². The zero-order valence-electron chi connectivity index (χ0n) is 9.89. The Balaban J connectivity index is 1.99. The Hall–Kier alpha value is -1.22. The molecule has 3 nitrogen and oxygen atoms in total. The van der Waals surface area contributed by atoms with Gasteiger partial charge in [0.2, 0.25) is 0 Å². The Morgan fingerprint density at radius 1 is 1.50 bits per heavy atom. The van der Waals surface area contributed by atoms with Crippen molar-refractivity contribution in [3.05, 3.63) is 24.3 Å². The molecule has 2 atom stereocenters. The van der Waals surface area contributed by atoms with Crippen molar-refractivity contribution in [2.24, 2.45) is 0 Å². The van der Waals surface area contributed by atoms with E-state index in [-0.39, 0.29) is 11.9 Å². The van der Waals surface area contributed by atoms with Gasteiger partial charge in [0.25, 0.3) is 0 Å². The van der Waals surface area contributed by atoms with Gasteiger partial charge in [-0.05, 0) is 45.5 Å². The summed E-state index contributed by atoms with van der Waals surface area (Å²) in [4.78, 5) is 2.34. The average molecular weight is 221 g/mol. The van der Waals surface area contributed by atoms with Crippen molar-refractivity contribution in [3.63, 3.8) is 0 Å². The normalized spacial score (nSPS) is 23.2. The molecule has 0 unspecified atom stereocenters. The number of nitrogens with zero attached hydrogens (tertiary/aromatic N) is 1. The first-order chi connectivity index (χ1) is 7.66. The topological polar surface area (TPSA) is 32.7 Å². The van der Waals surface area contributed by atoms with Gasteiger partial charge in [-0.15, -0.1) is 0 Å². The molecule has 2 rings (SSSR count). The molecular weight excluding hydrogens is 202 g/mol. The van der Waals surface area contributed by atoms with Gasteiger partial charge in [0, 0.05) is 12.1 Å². The fourth-order valence-electron chi connectivity index (χ4n) is 2.38. The van der Waals surface area contributed by atoms with E-state index in [1.54, 1.807) is 18.2 Å². The largest absolute Gasteiger partial charge is 0.508 e. The fraction of sp³-hybridized carbons (Fsp3) is 0.538. The smallest absolute Gasteiger partial charge is 0.123 e. The molecule has 1 heterocycles. The maximum absolute atomic E-state index is 9.35. The van der Waals surface area contributed by atoms with Gasteiger partial charge in [-0.25, -0.2) is 0 Å². The average Bonchev–Trinajstić information content (AvgIpc) is 2.64. The second-order valence-electron chi connectivity index (χ2n) is 4.51. The van der Waals surface area contributed by atoms with Crippen molar-refractivity contribution in [1.82, 2.24) is 4.90 Å². The van der Waals surface area contributed by atoms with Crippen molar-refractivity contribution in [2.75, 3.05) is 13.6 Å². The number of ether oxygens (including phenoxy) is 1. The molecule has 0 amide bonds. The van der Waals surface area contributed by atoms with Crippen LogP contribution in [0.15, 0.2) is 24.3 Å². The summed E-state index contributed by atoms with van der Waals surface area (Å²) in [7, 11) is 2.14. The lowest BCUT2D eigenvalue weighted by Gasteiger charge is -2.26. The van der Waals surface area contributed by atoms with Crippen LogP contribution in [0.3, 0.4) is 0 Å². The second kappa shape index (κ2) is 4.74. The van der Waals surface area contributed by atoms with Crippen LogP contribution in [0.25, 0.3) is 0 Å². The highest BCUT2D eigenvalue weighted by atomic mass is 16.5. The summed E-state index contributed by atoms with van der Waals surface area (Å²) < 4.78 is 5.85. The standard InChI is InChI=1S/C13H19NO2/c1-10(13-7-4-8-14(13)2)16-12-6-3-5-11(15)9-12/h3,5-6,9-10,13,15H,4,7-8H2,1-2H3/t10-,13+/m1/s1. The van der Waals surface area contributed by atoms with E-state index in [1.165, 1.54) is 12.8 Å². The second-order valence-corrected chi connectivity index (χ2v) is 4.51. The van der Waals surface area contributed by atoms with Gasteiger partial charge in [-0.1, -0.05) is 6.07 Å². The van der Waals surface area contributed by atoms with E-state index in [0.717, 1.165) is 12.3 Å². The summed E-state index contributed by atoms with van der Waals surface area (Å²) in [5.74, 6) is 0.997. The SMILES string of the molecule is C[C@@H](Oc1cccc(O)c1)[C@@H]1CCCN1C.